The number of nitrogens with one attached hydrogen (secondary N) is 3. The summed E-state index contributed by atoms with van der Waals surface area (Å²) < 4.78 is 172. The molecule has 6 fully saturated rings. The van der Waals surface area contributed by atoms with Crippen molar-refractivity contribution in [3.63, 3.8) is 0 Å². The van der Waals surface area contributed by atoms with E-state index in [2.05, 4.69) is 60.8 Å². The summed E-state index contributed by atoms with van der Waals surface area (Å²) in [7, 11) is -12.4. The number of nitrogens with two attached hydrogens (primary N) is 3. The van der Waals surface area contributed by atoms with Crippen LogP contribution in [0, 0.1) is 16.2 Å². The molecule has 6 aliphatic rings. The van der Waals surface area contributed by atoms with Gasteiger partial charge in [-0.15, -0.1) is 0 Å². The average molecular weight is 1770 g/mol. The first-order valence-corrected chi connectivity index (χ1v) is 44.3. The van der Waals surface area contributed by atoms with Gasteiger partial charge in [0.2, 0.25) is 17.8 Å². The molecule has 6 aliphatic heterocycles. The maximum Gasteiger partial charge on any atom is 0.475 e. The molecule has 3 amide bonds. The molecule has 12 heterocycles. The number of nitrogen functional groups attached to an aromatic ring is 3. The molecular weight excluding hydrogens is 1670 g/mol. The topological polar surface area (TPSA) is 537 Å². The van der Waals surface area contributed by atoms with Crippen LogP contribution < -0.4 is 33.2 Å². The summed E-state index contributed by atoms with van der Waals surface area (Å²) in [5.41, 5.74) is 10.4. The highest BCUT2D eigenvalue weighted by molar-refractivity contribution is 8.14. The van der Waals surface area contributed by atoms with Crippen molar-refractivity contribution in [1.82, 2.24) is 74.5 Å². The Morgan fingerprint density at radius 3 is 0.974 bits per heavy atom. The minimum absolute atomic E-state index is 0.00853. The molecule has 0 saturated carbocycles. The quantitative estimate of drug-likeness (QED) is 0.0139. The Labute approximate surface area is 681 Å². The Kier molecular flexibility index (Phi) is 30.2. The van der Waals surface area contributed by atoms with E-state index in [0.29, 0.717) is 35.8 Å². The minimum atomic E-state index is -4.14. The predicted molar refractivity (Wildman–Crippen MR) is 415 cm³/mol. The number of phosphoric acid groups is 3. The van der Waals surface area contributed by atoms with Crippen LogP contribution in [-0.2, 0) is 97.2 Å². The van der Waals surface area contributed by atoms with E-state index >= 15 is 13.2 Å². The van der Waals surface area contributed by atoms with Crippen molar-refractivity contribution < 1.29 is 125 Å². The molecule has 42 nitrogen and oxygen atoms in total. The fourth-order valence-corrected chi connectivity index (χ4v) is 19.8. The number of halogens is 3. The Bertz CT molecular complexity index is 4240. The molecule has 15 atom stereocenters. The van der Waals surface area contributed by atoms with Crippen LogP contribution >= 0.6 is 58.8 Å². The zero-order valence-electron chi connectivity index (χ0n) is 66.0. The highest BCUT2D eigenvalue weighted by Crippen LogP contribution is 2.63. The number of alkyl halides is 3. The number of amides is 3. The normalized spacial score (nSPS) is 28.8. The van der Waals surface area contributed by atoms with E-state index in [9.17, 15) is 42.5 Å². The maximum atomic E-state index is 16.1. The number of aromatic nitrogens is 12. The summed E-state index contributed by atoms with van der Waals surface area (Å²) >= 11 is 2.97. The van der Waals surface area contributed by atoms with Crippen molar-refractivity contribution in [2.75, 3.05) is 114 Å². The molecule has 6 aromatic heterocycles. The van der Waals surface area contributed by atoms with E-state index < -0.39 is 130 Å². The molecule has 0 spiro atoms. The summed E-state index contributed by atoms with van der Waals surface area (Å²) in [6.45, 7) is 19.9. The van der Waals surface area contributed by atoms with Gasteiger partial charge in [-0.05, 0) is 60.8 Å². The number of carbonyl (C=O) groups is 6. The van der Waals surface area contributed by atoms with Crippen LogP contribution in [0.4, 0.5) is 45.4 Å². The highest BCUT2D eigenvalue weighted by Gasteiger charge is 2.65. The number of anilines is 3. The minimum Gasteiger partial charge on any atom is -0.450 e. The first-order valence-electron chi connectivity index (χ1n) is 36.9. The van der Waals surface area contributed by atoms with Gasteiger partial charge < -0.3 is 61.6 Å². The average Bonchev–Trinajstić information content (AvgIpc) is 1.59. The molecule has 9 N–H and O–H groups in total. The lowest BCUT2D eigenvalue weighted by Gasteiger charge is -2.33. The molecule has 0 radical (unpaired) electrons. The number of hydrogen-bond donors (Lipinski definition) is 6. The predicted octanol–water partition coefficient (Wildman–Crippen LogP) is 8.99. The second kappa shape index (κ2) is 38.3. The van der Waals surface area contributed by atoms with Gasteiger partial charge in [0.25, 0.3) is 0 Å². The van der Waals surface area contributed by atoms with Gasteiger partial charge in [-0.25, -0.2) is 71.2 Å². The van der Waals surface area contributed by atoms with E-state index in [1.54, 1.807) is 62.3 Å². The molecular formula is C66H96F3N18O24P3S3. The van der Waals surface area contributed by atoms with Crippen molar-refractivity contribution in [2.24, 2.45) is 16.2 Å². The van der Waals surface area contributed by atoms with E-state index in [1.165, 1.54) is 72.0 Å². The van der Waals surface area contributed by atoms with Crippen molar-refractivity contribution in [3.8, 4) is 0 Å². The number of fused-ring (bicyclic) bond motifs is 6. The highest BCUT2D eigenvalue weighted by atomic mass is 32.2. The Morgan fingerprint density at radius 2 is 0.726 bits per heavy atom. The zero-order chi connectivity index (χ0) is 85.3. The van der Waals surface area contributed by atoms with Gasteiger partial charge in [0.1, 0.15) is 53.2 Å². The third kappa shape index (κ3) is 22.4. The lowest BCUT2D eigenvalue weighted by molar-refractivity contribution is -0.119. The Hall–Kier alpha value is -7.08. The number of rotatable bonds is 30. The molecule has 6 aromatic rings. The van der Waals surface area contributed by atoms with Crippen molar-refractivity contribution >= 4 is 144 Å². The van der Waals surface area contributed by atoms with Gasteiger partial charge in [-0.2, -0.15) is 15.0 Å². The van der Waals surface area contributed by atoms with E-state index in [-0.39, 0.29) is 146 Å². The number of alkyl carbamates (subject to hydrolysis) is 3. The van der Waals surface area contributed by atoms with Gasteiger partial charge in [0, 0.05) is 53.1 Å². The van der Waals surface area contributed by atoms with Gasteiger partial charge in [0.15, 0.2) is 68.0 Å². The van der Waals surface area contributed by atoms with Crippen LogP contribution in [0.15, 0.2) is 37.6 Å². The third-order valence-corrected chi connectivity index (χ3v) is 26.9. The van der Waals surface area contributed by atoms with Gasteiger partial charge >= 0.3 is 41.7 Å². The summed E-state index contributed by atoms with van der Waals surface area (Å²) in [5.74, 6) is 0.452. The number of carbonyl (C=O) groups excluding carboxylic acids is 6. The monoisotopic (exact) mass is 1770 g/mol. The van der Waals surface area contributed by atoms with Crippen molar-refractivity contribution in [3.05, 3.63) is 37.6 Å². The molecule has 12 rings (SSSR count). The van der Waals surface area contributed by atoms with Crippen LogP contribution in [0.5, 0.6) is 0 Å². The fraction of sp³-hybridized carbons (Fsp3) is 0.682. The Balaban J connectivity index is 0.000000185. The van der Waals surface area contributed by atoms with E-state index in [4.69, 9.17) is 86.3 Å². The Morgan fingerprint density at radius 1 is 0.470 bits per heavy atom. The maximum absolute atomic E-state index is 16.1. The molecule has 648 valence electrons. The zero-order valence-corrected chi connectivity index (χ0v) is 71.1. The molecule has 1 unspecified atom stereocenters. The molecule has 117 heavy (non-hydrogen) atoms. The summed E-state index contributed by atoms with van der Waals surface area (Å²) in [4.78, 5) is 109. The number of hydrogen-bond acceptors (Lipinski definition) is 39. The molecule has 51 heteroatoms. The number of ether oxygens (including phenoxy) is 6. The van der Waals surface area contributed by atoms with Crippen molar-refractivity contribution in [1.29, 1.82) is 0 Å². The van der Waals surface area contributed by atoms with Gasteiger partial charge in [-0.3, -0.25) is 68.8 Å². The van der Waals surface area contributed by atoms with Crippen LogP contribution in [0.25, 0.3) is 33.5 Å². The summed E-state index contributed by atoms with van der Waals surface area (Å²) in [5, 5.41) is 7.33. The standard InChI is InChI=1S/3C22H32FN6O8PS/c3*1-5-33-20(31)25-7-6-21(2,3)18(30)39-9-8-34-38(32)35-11-14-15(37-38)22(4,23)17(36-14)29-12-27-13-10-26-19(24)28-16(13)29/h3*10,12,14-15,17H,5-9,11H2,1-4H3,(H,25,31)(H2,24,26,28)/t14-,15-,17-,22-,38?;14-,15-,17-,22-,38+;14-,15-,17-,22-,38-/m111/s1. The second-order valence-corrected chi connectivity index (χ2v) is 37.4. The van der Waals surface area contributed by atoms with Crippen LogP contribution in [0.3, 0.4) is 0 Å². The fourth-order valence-electron chi connectivity index (χ4n) is 12.5. The summed E-state index contributed by atoms with van der Waals surface area (Å²) in [6, 6.07) is 0. The van der Waals surface area contributed by atoms with E-state index in [1.807, 2.05) is 0 Å². The van der Waals surface area contributed by atoms with Crippen LogP contribution in [-0.4, -0.2) is 242 Å². The smallest absolute Gasteiger partial charge is 0.450 e. The molecule has 0 bridgehead atoms. The third-order valence-electron chi connectivity index (χ3n) is 19.0. The second-order valence-electron chi connectivity index (χ2n) is 29.4. The lowest BCUT2D eigenvalue weighted by Crippen LogP contribution is -2.44. The largest absolute Gasteiger partial charge is 0.475 e. The number of thioether (sulfide) groups is 3. The lowest BCUT2D eigenvalue weighted by atomic mass is 9.91. The van der Waals surface area contributed by atoms with E-state index in [0.717, 1.165) is 35.3 Å². The van der Waals surface area contributed by atoms with Crippen molar-refractivity contribution in [2.45, 2.75) is 175 Å². The molecule has 6 saturated heterocycles. The van der Waals surface area contributed by atoms with Crippen LogP contribution in [0.1, 0.15) is 121 Å². The summed E-state index contributed by atoms with van der Waals surface area (Å²) in [6.07, 6.45) is -2.15. The first kappa shape index (κ1) is 92.2. The molecule has 0 aromatic carbocycles. The SMILES string of the molecule is CCOC(=O)NCCC(C)(C)C(=O)SCCOP1(=O)OC[C@H]2O[C@@H](n3cnc4cnc(N)nc43)[C@](C)(F)[C@@H]2O1.CCOC(=O)NCCC(C)(C)C(=O)SCCO[P@@]1(=O)OC[C@H]2O[C@@H](n3cnc4cnc(N)nc43)[C@](C)(F)[C@@H]2O1.CCOC(=O)NCCC(C)(C)C(=O)SCCO[P@]1(=O)OC[C@H]2O[C@@H](n3cnc4cnc(N)nc43)[C@](C)(F)[C@@H]2O1. The molecule has 0 aliphatic carbocycles. The number of nitrogens with zero attached hydrogens (tertiary/aromatic N) is 12. The van der Waals surface area contributed by atoms with Gasteiger partial charge in [-0.1, -0.05) is 76.8 Å². The number of imidazole rings is 3. The number of phosphoric ester groups is 3. The van der Waals surface area contributed by atoms with Crippen LogP contribution in [0.2, 0.25) is 0 Å². The van der Waals surface area contributed by atoms with Gasteiger partial charge in [0.05, 0.1) is 97.0 Å². The first-order chi connectivity index (χ1) is 55.1.